The molecule has 0 amide bonds. The summed E-state index contributed by atoms with van der Waals surface area (Å²) in [7, 11) is 3.37. The average molecular weight is 196 g/mol. The van der Waals surface area contributed by atoms with E-state index in [2.05, 4.69) is 9.97 Å². The highest BCUT2D eigenvalue weighted by molar-refractivity contribution is 5.03. The molecule has 0 aromatic carbocycles. The van der Waals surface area contributed by atoms with Gasteiger partial charge in [-0.3, -0.25) is 9.97 Å². The van der Waals surface area contributed by atoms with E-state index in [1.54, 1.807) is 26.6 Å². The largest absolute Gasteiger partial charge is 0.384 e. The van der Waals surface area contributed by atoms with Crippen LogP contribution in [-0.2, 0) is 22.3 Å². The Balaban J connectivity index is 2.50. The summed E-state index contributed by atoms with van der Waals surface area (Å²) in [4.78, 5) is 8.54. The van der Waals surface area contributed by atoms with Crippen LogP contribution in [-0.4, -0.2) is 37.4 Å². The van der Waals surface area contributed by atoms with Gasteiger partial charge >= 0.3 is 0 Å². The first-order chi connectivity index (χ1) is 6.86. The molecule has 0 bridgehead atoms. The highest BCUT2D eigenvalue weighted by Gasteiger charge is 1.98. The highest BCUT2D eigenvalue weighted by atomic mass is 16.5. The summed E-state index contributed by atoms with van der Waals surface area (Å²) >= 11 is 0. The van der Waals surface area contributed by atoms with Crippen molar-refractivity contribution >= 4 is 0 Å². The molecule has 0 unspecified atom stereocenters. The van der Waals surface area contributed by atoms with Gasteiger partial charge in [-0.15, -0.1) is 0 Å². The van der Waals surface area contributed by atoms with Crippen molar-refractivity contribution in [1.82, 2.24) is 9.97 Å². The first-order valence-electron chi connectivity index (χ1n) is 4.64. The van der Waals surface area contributed by atoms with Gasteiger partial charge in [0.1, 0.15) is 0 Å². The molecule has 0 saturated heterocycles. The van der Waals surface area contributed by atoms with Crippen LogP contribution in [0.1, 0.15) is 11.4 Å². The van der Waals surface area contributed by atoms with Crippen LogP contribution in [0.2, 0.25) is 0 Å². The highest BCUT2D eigenvalue weighted by Crippen LogP contribution is 1.98. The van der Waals surface area contributed by atoms with E-state index in [1.807, 2.05) is 0 Å². The van der Waals surface area contributed by atoms with Crippen LogP contribution < -0.4 is 0 Å². The smallest absolute Gasteiger partial charge is 0.0612 e. The monoisotopic (exact) mass is 196 g/mol. The zero-order valence-electron chi connectivity index (χ0n) is 8.69. The Labute approximate surface area is 84.3 Å². The number of hydrogen-bond donors (Lipinski definition) is 0. The molecule has 1 aromatic heterocycles. The molecule has 1 aromatic rings. The van der Waals surface area contributed by atoms with Crippen LogP contribution in [0.4, 0.5) is 0 Å². The third kappa shape index (κ3) is 3.81. The van der Waals surface area contributed by atoms with E-state index in [-0.39, 0.29) is 0 Å². The van der Waals surface area contributed by atoms with Gasteiger partial charge in [-0.2, -0.15) is 0 Å². The lowest BCUT2D eigenvalue weighted by Gasteiger charge is -2.02. The van der Waals surface area contributed by atoms with Crippen molar-refractivity contribution < 1.29 is 9.47 Å². The lowest BCUT2D eigenvalue weighted by molar-refractivity contribution is 0.199. The van der Waals surface area contributed by atoms with Gasteiger partial charge in [0.15, 0.2) is 0 Å². The maximum Gasteiger partial charge on any atom is 0.0612 e. The van der Waals surface area contributed by atoms with E-state index < -0.39 is 0 Å². The van der Waals surface area contributed by atoms with Crippen molar-refractivity contribution in [1.29, 1.82) is 0 Å². The van der Waals surface area contributed by atoms with Crippen molar-refractivity contribution in [2.75, 3.05) is 27.4 Å². The minimum atomic E-state index is 0.683. The summed E-state index contributed by atoms with van der Waals surface area (Å²) in [6.45, 7) is 1.37. The van der Waals surface area contributed by atoms with Crippen molar-refractivity contribution in [2.45, 2.75) is 12.8 Å². The van der Waals surface area contributed by atoms with Crippen molar-refractivity contribution in [3.63, 3.8) is 0 Å². The van der Waals surface area contributed by atoms with Gasteiger partial charge in [-0.1, -0.05) is 0 Å². The zero-order chi connectivity index (χ0) is 10.2. The van der Waals surface area contributed by atoms with Crippen LogP contribution in [0.25, 0.3) is 0 Å². The SMILES string of the molecule is COCCc1cncc(CCOC)n1. The molecule has 1 rings (SSSR count). The van der Waals surface area contributed by atoms with Gasteiger partial charge in [0.25, 0.3) is 0 Å². The summed E-state index contributed by atoms with van der Waals surface area (Å²) in [5, 5.41) is 0. The Hall–Kier alpha value is -1.00. The van der Waals surface area contributed by atoms with E-state index in [4.69, 9.17) is 9.47 Å². The molecule has 0 saturated carbocycles. The van der Waals surface area contributed by atoms with Crippen LogP contribution in [0.15, 0.2) is 12.4 Å². The molecule has 0 N–H and O–H groups in total. The van der Waals surface area contributed by atoms with Gasteiger partial charge in [-0.25, -0.2) is 0 Å². The quantitative estimate of drug-likeness (QED) is 0.676. The van der Waals surface area contributed by atoms with Crippen LogP contribution in [0.3, 0.4) is 0 Å². The normalized spacial score (nSPS) is 10.4. The number of hydrogen-bond acceptors (Lipinski definition) is 4. The molecule has 0 aliphatic carbocycles. The summed E-state index contributed by atoms with van der Waals surface area (Å²) in [6, 6.07) is 0. The van der Waals surface area contributed by atoms with Crippen LogP contribution in [0, 0.1) is 0 Å². The van der Waals surface area contributed by atoms with Gasteiger partial charge < -0.3 is 9.47 Å². The number of methoxy groups -OCH3 is 2. The molecular formula is C10H16N2O2. The standard InChI is InChI=1S/C10H16N2O2/c1-13-5-3-9-7-11-8-10(12-9)4-6-14-2/h7-8H,3-6H2,1-2H3. The molecule has 0 fully saturated rings. The molecule has 0 radical (unpaired) electrons. The lowest BCUT2D eigenvalue weighted by atomic mass is 10.3. The number of aromatic nitrogens is 2. The van der Waals surface area contributed by atoms with Gasteiger partial charge in [-0.05, 0) is 0 Å². The third-order valence-corrected chi connectivity index (χ3v) is 1.86. The maximum atomic E-state index is 4.97. The van der Waals surface area contributed by atoms with Crippen LogP contribution >= 0.6 is 0 Å². The minimum absolute atomic E-state index is 0.683. The first kappa shape index (κ1) is 11.1. The van der Waals surface area contributed by atoms with Gasteiger partial charge in [0.05, 0.1) is 24.6 Å². The molecule has 0 spiro atoms. The van der Waals surface area contributed by atoms with E-state index >= 15 is 0 Å². The van der Waals surface area contributed by atoms with Crippen LogP contribution in [0.5, 0.6) is 0 Å². The lowest BCUT2D eigenvalue weighted by Crippen LogP contribution is -2.03. The van der Waals surface area contributed by atoms with Gasteiger partial charge in [0, 0.05) is 39.5 Å². The topological polar surface area (TPSA) is 44.2 Å². The summed E-state index contributed by atoms with van der Waals surface area (Å²) in [5.41, 5.74) is 1.95. The number of ether oxygens (including phenoxy) is 2. The van der Waals surface area contributed by atoms with Crippen molar-refractivity contribution in [3.8, 4) is 0 Å². The summed E-state index contributed by atoms with van der Waals surface area (Å²) in [5.74, 6) is 0. The van der Waals surface area contributed by atoms with E-state index in [0.29, 0.717) is 13.2 Å². The second-order valence-electron chi connectivity index (χ2n) is 2.99. The number of rotatable bonds is 6. The summed E-state index contributed by atoms with van der Waals surface area (Å²) in [6.07, 6.45) is 5.17. The zero-order valence-corrected chi connectivity index (χ0v) is 8.69. The minimum Gasteiger partial charge on any atom is -0.384 e. The molecule has 4 nitrogen and oxygen atoms in total. The second kappa shape index (κ2) is 6.45. The van der Waals surface area contributed by atoms with E-state index in [9.17, 15) is 0 Å². The Morgan fingerprint density at radius 2 is 1.50 bits per heavy atom. The first-order valence-corrected chi connectivity index (χ1v) is 4.64. The molecule has 0 aliphatic rings. The van der Waals surface area contributed by atoms with Gasteiger partial charge in [0.2, 0.25) is 0 Å². The predicted molar refractivity (Wildman–Crippen MR) is 53.2 cm³/mol. The Morgan fingerprint density at radius 3 is 1.93 bits per heavy atom. The third-order valence-electron chi connectivity index (χ3n) is 1.86. The van der Waals surface area contributed by atoms with E-state index in [1.165, 1.54) is 0 Å². The molecule has 78 valence electrons. The fraction of sp³-hybridized carbons (Fsp3) is 0.600. The molecule has 4 heteroatoms. The average Bonchev–Trinajstić information content (AvgIpc) is 2.24. The molecule has 0 aliphatic heterocycles. The Morgan fingerprint density at radius 1 is 1.00 bits per heavy atom. The molecule has 14 heavy (non-hydrogen) atoms. The molecule has 0 atom stereocenters. The Kier molecular flexibility index (Phi) is 5.11. The van der Waals surface area contributed by atoms with Crippen molar-refractivity contribution in [2.24, 2.45) is 0 Å². The second-order valence-corrected chi connectivity index (χ2v) is 2.99. The van der Waals surface area contributed by atoms with E-state index in [0.717, 1.165) is 24.2 Å². The molecular weight excluding hydrogens is 180 g/mol. The fourth-order valence-electron chi connectivity index (χ4n) is 1.11. The predicted octanol–water partition coefficient (Wildman–Crippen LogP) is 0.854. The number of nitrogens with zero attached hydrogens (tertiary/aromatic N) is 2. The maximum absolute atomic E-state index is 4.97. The van der Waals surface area contributed by atoms with Crippen molar-refractivity contribution in [3.05, 3.63) is 23.8 Å². The summed E-state index contributed by atoms with van der Waals surface area (Å²) < 4.78 is 9.95. The fourth-order valence-corrected chi connectivity index (χ4v) is 1.11. The molecule has 1 heterocycles. The Bertz CT molecular complexity index is 243.